The third-order valence-corrected chi connectivity index (χ3v) is 7.09. The lowest BCUT2D eigenvalue weighted by atomic mass is 9.93. The Morgan fingerprint density at radius 2 is 1.75 bits per heavy atom. The molecular weight excluding hydrogens is 454 g/mol. The Hall–Kier alpha value is -3.87. The van der Waals surface area contributed by atoms with Gasteiger partial charge >= 0.3 is 6.03 Å². The Balaban J connectivity index is 1.37. The van der Waals surface area contributed by atoms with E-state index in [0.29, 0.717) is 6.61 Å². The van der Waals surface area contributed by atoms with Crippen molar-refractivity contribution in [2.75, 3.05) is 6.61 Å². The zero-order valence-electron chi connectivity index (χ0n) is 20.5. The maximum atomic E-state index is 13.3. The molecule has 2 fully saturated rings. The Morgan fingerprint density at radius 1 is 1.00 bits per heavy atom. The highest BCUT2D eigenvalue weighted by Gasteiger charge is 2.40. The summed E-state index contributed by atoms with van der Waals surface area (Å²) in [4.78, 5) is 39.8. The minimum absolute atomic E-state index is 0.00552. The van der Waals surface area contributed by atoms with Crippen molar-refractivity contribution < 1.29 is 19.1 Å². The van der Waals surface area contributed by atoms with Crippen molar-refractivity contribution in [3.05, 3.63) is 71.4 Å². The Morgan fingerprint density at radius 3 is 2.56 bits per heavy atom. The lowest BCUT2D eigenvalue weighted by Crippen LogP contribution is -2.58. The zero-order chi connectivity index (χ0) is 25.1. The third-order valence-electron chi connectivity index (χ3n) is 7.09. The summed E-state index contributed by atoms with van der Waals surface area (Å²) in [5, 5.41) is 3.33. The van der Waals surface area contributed by atoms with Crippen LogP contribution in [0.4, 0.5) is 4.79 Å². The molecule has 0 spiro atoms. The number of hydrogen-bond acceptors (Lipinski definition) is 4. The molecule has 0 bridgehead atoms. The van der Waals surface area contributed by atoms with Gasteiger partial charge in [0.05, 0.1) is 6.61 Å². The molecule has 186 valence electrons. The van der Waals surface area contributed by atoms with Gasteiger partial charge in [-0.15, -0.1) is 0 Å². The number of nitrogens with zero attached hydrogens (tertiary/aromatic N) is 2. The van der Waals surface area contributed by atoms with Crippen LogP contribution in [0.2, 0.25) is 0 Å². The first-order valence-corrected chi connectivity index (χ1v) is 12.7. The van der Waals surface area contributed by atoms with Crippen molar-refractivity contribution in [3.8, 4) is 5.75 Å². The first-order valence-electron chi connectivity index (χ1n) is 12.7. The number of amides is 4. The summed E-state index contributed by atoms with van der Waals surface area (Å²) in [6.07, 6.45) is 9.03. The van der Waals surface area contributed by atoms with E-state index in [4.69, 9.17) is 4.74 Å². The van der Waals surface area contributed by atoms with Crippen LogP contribution in [0.25, 0.3) is 17.0 Å². The number of benzene rings is 2. The first-order chi connectivity index (χ1) is 17.5. The predicted molar refractivity (Wildman–Crippen MR) is 138 cm³/mol. The average molecular weight is 486 g/mol. The molecule has 5 rings (SSSR count). The molecule has 2 aromatic carbocycles. The van der Waals surface area contributed by atoms with Gasteiger partial charge in [-0.1, -0.05) is 55.7 Å². The summed E-state index contributed by atoms with van der Waals surface area (Å²) in [5.74, 6) is -0.251. The highest BCUT2D eigenvalue weighted by atomic mass is 16.5. The zero-order valence-corrected chi connectivity index (χ0v) is 20.5. The van der Waals surface area contributed by atoms with Gasteiger partial charge in [0.2, 0.25) is 0 Å². The molecule has 3 aromatic rings. The molecule has 1 aliphatic carbocycles. The number of para-hydroxylation sites is 2. The maximum absolute atomic E-state index is 13.3. The number of carbonyl (C=O) groups is 3. The van der Waals surface area contributed by atoms with Crippen LogP contribution in [0.3, 0.4) is 0 Å². The Labute approximate surface area is 210 Å². The molecule has 1 aliphatic heterocycles. The van der Waals surface area contributed by atoms with E-state index in [2.05, 4.69) is 9.88 Å². The summed E-state index contributed by atoms with van der Waals surface area (Å²) >= 11 is 0. The summed E-state index contributed by atoms with van der Waals surface area (Å²) < 4.78 is 8.07. The lowest BCUT2D eigenvalue weighted by molar-refractivity contribution is -0.132. The molecule has 2 aliphatic rings. The van der Waals surface area contributed by atoms with E-state index in [1.165, 1.54) is 4.90 Å². The van der Waals surface area contributed by atoms with Crippen LogP contribution < -0.4 is 10.1 Å². The number of carbonyl (C=O) groups excluding carboxylic acids is 3. The summed E-state index contributed by atoms with van der Waals surface area (Å²) in [7, 11) is 0. The number of nitrogens with one attached hydrogen (secondary N) is 1. The molecule has 1 aromatic heterocycles. The smallest absolute Gasteiger partial charge is 0.331 e. The highest BCUT2D eigenvalue weighted by molar-refractivity contribution is 6.31. The van der Waals surface area contributed by atoms with Crippen molar-refractivity contribution in [2.24, 2.45) is 0 Å². The molecule has 1 saturated carbocycles. The molecule has 0 radical (unpaired) electrons. The van der Waals surface area contributed by atoms with E-state index < -0.39 is 17.8 Å². The fourth-order valence-corrected chi connectivity index (χ4v) is 5.21. The van der Waals surface area contributed by atoms with E-state index in [9.17, 15) is 14.4 Å². The van der Waals surface area contributed by atoms with Crippen molar-refractivity contribution in [2.45, 2.75) is 58.0 Å². The van der Waals surface area contributed by atoms with Gasteiger partial charge in [0.25, 0.3) is 11.8 Å². The molecule has 36 heavy (non-hydrogen) atoms. The number of aryl methyl sites for hydroxylation is 2. The van der Waals surface area contributed by atoms with Gasteiger partial charge in [-0.3, -0.25) is 19.8 Å². The molecule has 1 N–H and O–H groups in total. The van der Waals surface area contributed by atoms with Crippen LogP contribution in [-0.4, -0.2) is 40.0 Å². The number of barbiturate groups is 1. The monoisotopic (exact) mass is 485 g/mol. The second kappa shape index (κ2) is 10.4. The van der Waals surface area contributed by atoms with Crippen LogP contribution in [0.5, 0.6) is 5.75 Å². The van der Waals surface area contributed by atoms with Gasteiger partial charge in [0, 0.05) is 35.2 Å². The summed E-state index contributed by atoms with van der Waals surface area (Å²) in [5.41, 5.74) is 2.91. The second-order valence-corrected chi connectivity index (χ2v) is 9.55. The van der Waals surface area contributed by atoms with E-state index in [-0.39, 0.29) is 11.6 Å². The minimum Gasteiger partial charge on any atom is -0.493 e. The standard InChI is InChI=1S/C29H31N3O4/c1-20-10-5-8-15-26(20)36-17-9-16-31-19-21(23-13-6-7-14-25(23)31)18-24-27(33)30-29(35)32(28(24)34)22-11-3-2-4-12-22/h5-8,10,13-15,18-19,22H,2-4,9,11-12,16-17H2,1H3,(H,30,33,35)/b24-18+. The third kappa shape index (κ3) is 4.78. The van der Waals surface area contributed by atoms with Gasteiger partial charge in [0.15, 0.2) is 0 Å². The summed E-state index contributed by atoms with van der Waals surface area (Å²) in [6.45, 7) is 3.33. The van der Waals surface area contributed by atoms with Crippen LogP contribution in [0, 0.1) is 6.92 Å². The molecule has 7 nitrogen and oxygen atoms in total. The fourth-order valence-electron chi connectivity index (χ4n) is 5.21. The average Bonchev–Trinajstić information content (AvgIpc) is 3.23. The van der Waals surface area contributed by atoms with Crippen molar-refractivity contribution in [3.63, 3.8) is 0 Å². The molecular formula is C29H31N3O4. The number of rotatable bonds is 7. The Bertz CT molecular complexity index is 1330. The lowest BCUT2D eigenvalue weighted by Gasteiger charge is -2.35. The molecule has 0 unspecified atom stereocenters. The number of imide groups is 2. The van der Waals surface area contributed by atoms with E-state index in [0.717, 1.165) is 72.8 Å². The van der Waals surface area contributed by atoms with Crippen molar-refractivity contribution in [1.29, 1.82) is 0 Å². The number of hydrogen-bond donors (Lipinski definition) is 1. The van der Waals surface area contributed by atoms with E-state index in [1.807, 2.05) is 61.7 Å². The van der Waals surface area contributed by atoms with Gasteiger partial charge < -0.3 is 9.30 Å². The highest BCUT2D eigenvalue weighted by Crippen LogP contribution is 2.28. The topological polar surface area (TPSA) is 80.6 Å². The molecule has 7 heteroatoms. The number of fused-ring (bicyclic) bond motifs is 1. The van der Waals surface area contributed by atoms with Gasteiger partial charge in [-0.25, -0.2) is 4.79 Å². The molecule has 4 amide bonds. The number of ether oxygens (including phenoxy) is 1. The Kier molecular flexibility index (Phi) is 6.89. The van der Waals surface area contributed by atoms with E-state index >= 15 is 0 Å². The minimum atomic E-state index is -0.638. The SMILES string of the molecule is Cc1ccccc1OCCCn1cc(/C=C2\C(=O)NC(=O)N(C3CCCCC3)C2=O)c2ccccc21. The fraction of sp³-hybridized carbons (Fsp3) is 0.345. The normalized spacial score (nSPS) is 18.2. The predicted octanol–water partition coefficient (Wildman–Crippen LogP) is 5.21. The van der Waals surface area contributed by atoms with Crippen molar-refractivity contribution in [1.82, 2.24) is 14.8 Å². The largest absolute Gasteiger partial charge is 0.493 e. The molecule has 1 saturated heterocycles. The van der Waals surface area contributed by atoms with E-state index in [1.54, 1.807) is 6.08 Å². The van der Waals surface area contributed by atoms with Crippen LogP contribution in [0.1, 0.15) is 49.7 Å². The first kappa shape index (κ1) is 23.9. The molecule has 2 heterocycles. The van der Waals surface area contributed by atoms with Crippen molar-refractivity contribution >= 4 is 34.8 Å². The van der Waals surface area contributed by atoms with Gasteiger partial charge in [-0.05, 0) is 50.0 Å². The van der Waals surface area contributed by atoms with Crippen LogP contribution in [0.15, 0.2) is 60.3 Å². The second-order valence-electron chi connectivity index (χ2n) is 9.55. The number of aromatic nitrogens is 1. The maximum Gasteiger partial charge on any atom is 0.331 e. The van der Waals surface area contributed by atoms with Crippen LogP contribution in [-0.2, 0) is 16.1 Å². The van der Waals surface area contributed by atoms with Gasteiger partial charge in [-0.2, -0.15) is 0 Å². The summed E-state index contributed by atoms with van der Waals surface area (Å²) in [6, 6.07) is 15.1. The number of urea groups is 1. The van der Waals surface area contributed by atoms with Gasteiger partial charge in [0.1, 0.15) is 11.3 Å². The quantitative estimate of drug-likeness (QED) is 0.283. The molecule has 0 atom stereocenters. The van der Waals surface area contributed by atoms with Crippen LogP contribution >= 0.6 is 0 Å².